The Morgan fingerprint density at radius 1 is 1.43 bits per heavy atom. The fourth-order valence-corrected chi connectivity index (χ4v) is 0.948. The average Bonchev–Trinajstić information content (AvgIpc) is 1.84. The van der Waals surface area contributed by atoms with Gasteiger partial charge in [-0.05, 0) is 0 Å². The SMILES string of the molecule is O=S1(=O)C=C[CH]N1. The summed E-state index contributed by atoms with van der Waals surface area (Å²) in [7, 11) is -3.03. The highest BCUT2D eigenvalue weighted by atomic mass is 32.2. The van der Waals surface area contributed by atoms with Crippen LogP contribution in [0.3, 0.4) is 0 Å². The average molecular weight is 118 g/mol. The van der Waals surface area contributed by atoms with E-state index in [4.69, 9.17) is 0 Å². The largest absolute Gasteiger partial charge is 0.234 e. The summed E-state index contributed by atoms with van der Waals surface area (Å²) in [6.07, 6.45) is 1.44. The molecule has 0 aromatic heterocycles. The van der Waals surface area contributed by atoms with E-state index in [0.717, 1.165) is 5.41 Å². The van der Waals surface area contributed by atoms with Crippen LogP contribution in [0.5, 0.6) is 0 Å². The lowest BCUT2D eigenvalue weighted by atomic mass is 10.7. The van der Waals surface area contributed by atoms with Gasteiger partial charge in [0.25, 0.3) is 0 Å². The minimum absolute atomic E-state index is 1.10. The normalized spacial score (nSPS) is 25.7. The summed E-state index contributed by atoms with van der Waals surface area (Å²) >= 11 is 0. The fourth-order valence-electron chi connectivity index (χ4n) is 0.316. The minimum Gasteiger partial charge on any atom is -0.208 e. The van der Waals surface area contributed by atoms with Gasteiger partial charge in [-0.25, -0.2) is 13.1 Å². The molecule has 1 radical (unpaired) electrons. The fraction of sp³-hybridized carbons (Fsp3) is 0. The van der Waals surface area contributed by atoms with E-state index in [1.54, 1.807) is 0 Å². The molecule has 1 rings (SSSR count). The van der Waals surface area contributed by atoms with Gasteiger partial charge in [-0.1, -0.05) is 6.08 Å². The van der Waals surface area contributed by atoms with Crippen LogP contribution in [0.2, 0.25) is 0 Å². The number of hydrogen-bond donors (Lipinski definition) is 1. The zero-order valence-corrected chi connectivity index (χ0v) is 4.27. The molecule has 0 aliphatic carbocycles. The highest BCUT2D eigenvalue weighted by Crippen LogP contribution is 1.95. The Morgan fingerprint density at radius 2 is 2.14 bits per heavy atom. The smallest absolute Gasteiger partial charge is 0.208 e. The standard InChI is InChI=1S/C3H4NO2S/c5-7(6)3-1-2-4-7/h1-4H. The van der Waals surface area contributed by atoms with Crippen molar-refractivity contribution in [1.29, 1.82) is 0 Å². The molecular formula is C3H4NO2S. The molecule has 7 heavy (non-hydrogen) atoms. The van der Waals surface area contributed by atoms with Crippen LogP contribution in [-0.4, -0.2) is 8.42 Å². The van der Waals surface area contributed by atoms with Gasteiger partial charge in [-0.15, -0.1) is 0 Å². The van der Waals surface area contributed by atoms with E-state index in [9.17, 15) is 8.42 Å². The Balaban J connectivity index is 2.99. The van der Waals surface area contributed by atoms with Crippen molar-refractivity contribution in [3.63, 3.8) is 0 Å². The van der Waals surface area contributed by atoms with E-state index in [1.807, 2.05) is 0 Å². The molecule has 0 aromatic rings. The van der Waals surface area contributed by atoms with Crippen LogP contribution in [0, 0.1) is 6.54 Å². The van der Waals surface area contributed by atoms with Gasteiger partial charge in [-0.3, -0.25) is 0 Å². The first-order valence-electron chi connectivity index (χ1n) is 1.73. The summed E-state index contributed by atoms with van der Waals surface area (Å²) in [4.78, 5) is 0. The van der Waals surface area contributed by atoms with Crippen LogP contribution < -0.4 is 4.72 Å². The van der Waals surface area contributed by atoms with Crippen molar-refractivity contribution >= 4 is 10.0 Å². The van der Waals surface area contributed by atoms with Crippen LogP contribution in [0.1, 0.15) is 0 Å². The van der Waals surface area contributed by atoms with E-state index in [-0.39, 0.29) is 0 Å². The van der Waals surface area contributed by atoms with Gasteiger partial charge in [0.2, 0.25) is 10.0 Å². The van der Waals surface area contributed by atoms with Crippen LogP contribution in [0.4, 0.5) is 0 Å². The lowest BCUT2D eigenvalue weighted by Crippen LogP contribution is -2.10. The molecule has 3 nitrogen and oxygen atoms in total. The Morgan fingerprint density at radius 3 is 2.29 bits per heavy atom. The highest BCUT2D eigenvalue weighted by Gasteiger charge is 2.07. The van der Waals surface area contributed by atoms with Crippen LogP contribution in [0.15, 0.2) is 11.5 Å². The zero-order valence-electron chi connectivity index (χ0n) is 3.46. The topological polar surface area (TPSA) is 46.2 Å². The Kier molecular flexibility index (Phi) is 0.900. The number of nitrogens with one attached hydrogen (secondary N) is 1. The molecule has 0 saturated carbocycles. The van der Waals surface area contributed by atoms with Crippen molar-refractivity contribution in [3.8, 4) is 0 Å². The molecule has 39 valence electrons. The molecule has 1 aliphatic rings. The maximum Gasteiger partial charge on any atom is 0.234 e. The first-order valence-corrected chi connectivity index (χ1v) is 3.27. The Labute approximate surface area is 42.1 Å². The second-order valence-corrected chi connectivity index (χ2v) is 2.76. The van der Waals surface area contributed by atoms with Gasteiger partial charge in [0.05, 0.1) is 6.54 Å². The second-order valence-electron chi connectivity index (χ2n) is 1.16. The Hall–Kier alpha value is -0.350. The summed E-state index contributed by atoms with van der Waals surface area (Å²) in [5, 5.41) is 1.10. The number of rotatable bonds is 0. The highest BCUT2D eigenvalue weighted by molar-refractivity contribution is 7.92. The summed E-state index contributed by atoms with van der Waals surface area (Å²) in [6, 6.07) is 0. The second kappa shape index (κ2) is 1.31. The van der Waals surface area contributed by atoms with Gasteiger partial charge in [0.1, 0.15) is 0 Å². The molecule has 0 saturated heterocycles. The Bertz CT molecular complexity index is 179. The maximum atomic E-state index is 10.2. The first-order chi connectivity index (χ1) is 3.21. The number of sulfonamides is 1. The van der Waals surface area contributed by atoms with Crippen LogP contribution in [0.25, 0.3) is 0 Å². The molecule has 0 atom stereocenters. The van der Waals surface area contributed by atoms with Crippen molar-refractivity contribution < 1.29 is 8.42 Å². The molecular weight excluding hydrogens is 114 g/mol. The summed E-state index contributed by atoms with van der Waals surface area (Å²) in [6.45, 7) is 1.37. The monoisotopic (exact) mass is 118 g/mol. The van der Waals surface area contributed by atoms with E-state index in [0.29, 0.717) is 0 Å². The van der Waals surface area contributed by atoms with Crippen LogP contribution in [-0.2, 0) is 10.0 Å². The lowest BCUT2D eigenvalue weighted by molar-refractivity contribution is 0.600. The minimum atomic E-state index is -3.03. The molecule has 1 aliphatic heterocycles. The molecule has 4 heteroatoms. The van der Waals surface area contributed by atoms with E-state index in [2.05, 4.69) is 4.72 Å². The zero-order chi connectivity index (χ0) is 5.33. The molecule has 1 N–H and O–H groups in total. The van der Waals surface area contributed by atoms with Crippen molar-refractivity contribution in [2.45, 2.75) is 0 Å². The van der Waals surface area contributed by atoms with E-state index in [1.165, 1.54) is 12.6 Å². The quantitative estimate of drug-likeness (QED) is 0.470. The molecule has 1 heterocycles. The van der Waals surface area contributed by atoms with Gasteiger partial charge >= 0.3 is 0 Å². The molecule has 0 fully saturated rings. The van der Waals surface area contributed by atoms with Crippen LogP contribution >= 0.6 is 0 Å². The van der Waals surface area contributed by atoms with Gasteiger partial charge in [-0.2, -0.15) is 0 Å². The third kappa shape index (κ3) is 1.01. The van der Waals surface area contributed by atoms with Crippen molar-refractivity contribution in [2.75, 3.05) is 0 Å². The lowest BCUT2D eigenvalue weighted by Gasteiger charge is -1.83. The maximum absolute atomic E-state index is 10.2. The third-order valence-electron chi connectivity index (χ3n) is 0.586. The van der Waals surface area contributed by atoms with E-state index >= 15 is 0 Å². The predicted molar refractivity (Wildman–Crippen MR) is 25.5 cm³/mol. The molecule has 0 unspecified atom stereocenters. The van der Waals surface area contributed by atoms with Crippen molar-refractivity contribution in [1.82, 2.24) is 4.72 Å². The van der Waals surface area contributed by atoms with Crippen molar-refractivity contribution in [2.24, 2.45) is 0 Å². The third-order valence-corrected chi connectivity index (χ3v) is 1.57. The molecule has 0 bridgehead atoms. The molecule has 0 amide bonds. The van der Waals surface area contributed by atoms with Crippen molar-refractivity contribution in [3.05, 3.63) is 18.0 Å². The summed E-state index contributed by atoms with van der Waals surface area (Å²) in [5.74, 6) is 0. The van der Waals surface area contributed by atoms with Gasteiger partial charge < -0.3 is 0 Å². The summed E-state index contributed by atoms with van der Waals surface area (Å²) < 4.78 is 22.5. The van der Waals surface area contributed by atoms with Gasteiger partial charge in [0.15, 0.2) is 0 Å². The molecule has 0 spiro atoms. The predicted octanol–water partition coefficient (Wildman–Crippen LogP) is -0.405. The summed E-state index contributed by atoms with van der Waals surface area (Å²) in [5.41, 5.74) is 0. The van der Waals surface area contributed by atoms with Gasteiger partial charge in [0, 0.05) is 5.41 Å². The number of hydrogen-bond acceptors (Lipinski definition) is 2. The molecule has 0 aromatic carbocycles. The van der Waals surface area contributed by atoms with E-state index < -0.39 is 10.0 Å². The first kappa shape index (κ1) is 4.80.